The van der Waals surface area contributed by atoms with Gasteiger partial charge in [-0.05, 0) is 42.5 Å². The van der Waals surface area contributed by atoms with Crippen LogP contribution in [0.3, 0.4) is 0 Å². The van der Waals surface area contributed by atoms with Gasteiger partial charge in [-0.15, -0.1) is 0 Å². The van der Waals surface area contributed by atoms with E-state index < -0.39 is 17.2 Å². The average Bonchev–Trinajstić information content (AvgIpc) is 3.26. The number of hydrogen-bond donors (Lipinski definition) is 1. The number of halogens is 3. The number of nitrogens with zero attached hydrogens (tertiary/aromatic N) is 3. The van der Waals surface area contributed by atoms with Gasteiger partial charge >= 0.3 is 6.18 Å². The van der Waals surface area contributed by atoms with Crippen LogP contribution in [0.25, 0.3) is 0 Å². The fraction of sp³-hybridized carbons (Fsp3) is 0.478. The molecule has 3 heterocycles. The molecular weight excluding hydrogens is 405 g/mol. The van der Waals surface area contributed by atoms with E-state index >= 15 is 0 Å². The summed E-state index contributed by atoms with van der Waals surface area (Å²) in [6.07, 6.45) is -1.69. The number of rotatable bonds is 2. The van der Waals surface area contributed by atoms with Gasteiger partial charge in [0.15, 0.2) is 0 Å². The third-order valence-corrected chi connectivity index (χ3v) is 7.11. The summed E-state index contributed by atoms with van der Waals surface area (Å²) in [5.74, 6) is 0.170. The van der Waals surface area contributed by atoms with Crippen LogP contribution >= 0.6 is 0 Å². The highest BCUT2D eigenvalue weighted by Gasteiger charge is 2.58. The van der Waals surface area contributed by atoms with Crippen molar-refractivity contribution in [1.82, 2.24) is 9.88 Å². The quantitative estimate of drug-likeness (QED) is 0.795. The first kappa shape index (κ1) is 20.3. The monoisotopic (exact) mass is 430 g/mol. The molecule has 1 aromatic heterocycles. The molecule has 5 rings (SSSR count). The fourth-order valence-electron chi connectivity index (χ4n) is 5.66. The molecule has 1 amide bonds. The van der Waals surface area contributed by atoms with Crippen LogP contribution in [-0.2, 0) is 23.9 Å². The zero-order valence-electron chi connectivity index (χ0n) is 17.1. The first-order valence-electron chi connectivity index (χ1n) is 10.7. The number of para-hydroxylation sites is 1. The van der Waals surface area contributed by atoms with Crippen LogP contribution in [0.15, 0.2) is 42.6 Å². The number of aromatic nitrogens is 1. The normalized spacial score (nSPS) is 27.9. The second-order valence-corrected chi connectivity index (χ2v) is 9.07. The molecule has 1 aromatic carbocycles. The van der Waals surface area contributed by atoms with Crippen molar-refractivity contribution in [3.05, 3.63) is 59.4 Å². The molecule has 0 bridgehead atoms. The number of nitrogens with two attached hydrogens (primary N) is 1. The Morgan fingerprint density at radius 2 is 2.00 bits per heavy atom. The van der Waals surface area contributed by atoms with Crippen LogP contribution in [-0.4, -0.2) is 41.5 Å². The van der Waals surface area contributed by atoms with Crippen LogP contribution in [0, 0.1) is 11.3 Å². The highest BCUT2D eigenvalue weighted by atomic mass is 19.4. The van der Waals surface area contributed by atoms with Crippen LogP contribution in [0.1, 0.15) is 29.7 Å². The minimum absolute atomic E-state index is 0.0203. The maximum absolute atomic E-state index is 13.8. The van der Waals surface area contributed by atoms with Crippen molar-refractivity contribution in [1.29, 1.82) is 0 Å². The summed E-state index contributed by atoms with van der Waals surface area (Å²) in [5.41, 5.74) is 7.15. The Hall–Kier alpha value is -2.61. The van der Waals surface area contributed by atoms with E-state index in [9.17, 15) is 18.0 Å². The van der Waals surface area contributed by atoms with E-state index in [4.69, 9.17) is 5.73 Å². The number of carbonyl (C=O) groups excluding carboxylic acids is 1. The molecule has 5 nitrogen and oxygen atoms in total. The van der Waals surface area contributed by atoms with E-state index in [1.165, 1.54) is 0 Å². The average molecular weight is 430 g/mol. The van der Waals surface area contributed by atoms with Gasteiger partial charge in [0.1, 0.15) is 0 Å². The fourth-order valence-corrected chi connectivity index (χ4v) is 5.66. The van der Waals surface area contributed by atoms with Gasteiger partial charge < -0.3 is 15.5 Å². The molecule has 1 saturated carbocycles. The zero-order chi connectivity index (χ0) is 21.8. The Kier molecular flexibility index (Phi) is 4.73. The Balaban J connectivity index is 1.41. The van der Waals surface area contributed by atoms with Gasteiger partial charge in [0.25, 0.3) is 0 Å². The molecule has 0 radical (unpaired) electrons. The summed E-state index contributed by atoms with van der Waals surface area (Å²) in [6, 6.07) is 11.1. The van der Waals surface area contributed by atoms with Crippen molar-refractivity contribution < 1.29 is 18.0 Å². The molecule has 2 fully saturated rings. The first-order chi connectivity index (χ1) is 14.8. The van der Waals surface area contributed by atoms with Crippen molar-refractivity contribution in [3.8, 4) is 0 Å². The molecule has 1 saturated heterocycles. The van der Waals surface area contributed by atoms with E-state index in [2.05, 4.69) is 9.88 Å². The lowest BCUT2D eigenvalue weighted by atomic mass is 9.78. The van der Waals surface area contributed by atoms with E-state index in [0.717, 1.165) is 30.9 Å². The number of anilines is 1. The van der Waals surface area contributed by atoms with Gasteiger partial charge in [-0.1, -0.05) is 18.2 Å². The predicted octanol–water partition coefficient (Wildman–Crippen LogP) is 3.23. The Bertz CT molecular complexity index is 996. The van der Waals surface area contributed by atoms with E-state index in [1.54, 1.807) is 4.90 Å². The molecule has 8 heteroatoms. The zero-order valence-corrected chi connectivity index (χ0v) is 17.1. The molecule has 2 aromatic rings. The van der Waals surface area contributed by atoms with E-state index in [0.29, 0.717) is 37.2 Å². The number of fused-ring (bicyclic) bond motifs is 2. The van der Waals surface area contributed by atoms with Gasteiger partial charge in [-0.2, -0.15) is 13.2 Å². The van der Waals surface area contributed by atoms with Crippen molar-refractivity contribution in [2.45, 2.75) is 38.0 Å². The largest absolute Gasteiger partial charge is 0.417 e. The van der Waals surface area contributed by atoms with Gasteiger partial charge in [-0.3, -0.25) is 9.78 Å². The van der Waals surface area contributed by atoms with Crippen LogP contribution in [0.4, 0.5) is 18.9 Å². The summed E-state index contributed by atoms with van der Waals surface area (Å²) in [7, 11) is 0. The summed E-state index contributed by atoms with van der Waals surface area (Å²) in [6.45, 7) is 2.01. The lowest BCUT2D eigenvalue weighted by Crippen LogP contribution is -2.49. The Labute approximate surface area is 179 Å². The van der Waals surface area contributed by atoms with E-state index in [-0.39, 0.29) is 24.4 Å². The molecular formula is C23H25F3N4O. The van der Waals surface area contributed by atoms with Gasteiger partial charge in [0.05, 0.1) is 11.0 Å². The summed E-state index contributed by atoms with van der Waals surface area (Å²) >= 11 is 0. The van der Waals surface area contributed by atoms with Crippen LogP contribution < -0.4 is 10.6 Å². The lowest BCUT2D eigenvalue weighted by Gasteiger charge is -2.37. The molecule has 164 valence electrons. The molecule has 0 spiro atoms. The minimum atomic E-state index is -4.45. The number of carbonyl (C=O) groups is 1. The van der Waals surface area contributed by atoms with Crippen molar-refractivity contribution in [3.63, 3.8) is 0 Å². The third kappa shape index (κ3) is 3.46. The number of pyridine rings is 1. The molecule has 2 N–H and O–H groups in total. The standard InChI is InChI=1S/C23H25F3N4O/c24-23(25,26)16-8-15-12-29(7-6-20(15)28-11-16)21(31)22-10-18(27)9-17(22)13-30(14-22)19-4-2-1-3-5-19/h1-5,8,11,17-18H,6-7,9-10,12-14,27H2/t17-,18+,22-/m0/s1. The Morgan fingerprint density at radius 3 is 2.74 bits per heavy atom. The van der Waals surface area contributed by atoms with Gasteiger partial charge in [-0.25, -0.2) is 0 Å². The maximum Gasteiger partial charge on any atom is 0.417 e. The molecule has 2 aliphatic heterocycles. The predicted molar refractivity (Wildman–Crippen MR) is 110 cm³/mol. The van der Waals surface area contributed by atoms with Gasteiger partial charge in [0.2, 0.25) is 5.91 Å². The van der Waals surface area contributed by atoms with Crippen LogP contribution in [0.5, 0.6) is 0 Å². The molecule has 31 heavy (non-hydrogen) atoms. The first-order valence-corrected chi connectivity index (χ1v) is 10.7. The smallest absolute Gasteiger partial charge is 0.370 e. The van der Waals surface area contributed by atoms with Crippen molar-refractivity contribution in [2.24, 2.45) is 17.1 Å². The maximum atomic E-state index is 13.8. The third-order valence-electron chi connectivity index (χ3n) is 7.11. The topological polar surface area (TPSA) is 62.5 Å². The van der Waals surface area contributed by atoms with E-state index in [1.807, 2.05) is 30.3 Å². The SMILES string of the molecule is N[C@@H]1C[C@H]2CN(c3ccccc3)C[C@@]2(C(=O)N2CCc3ncc(C(F)(F)F)cc3C2)C1. The van der Waals surface area contributed by atoms with Crippen molar-refractivity contribution >= 4 is 11.6 Å². The lowest BCUT2D eigenvalue weighted by molar-refractivity contribution is -0.143. The Morgan fingerprint density at radius 1 is 1.23 bits per heavy atom. The number of alkyl halides is 3. The second-order valence-electron chi connectivity index (χ2n) is 9.07. The number of benzene rings is 1. The summed E-state index contributed by atoms with van der Waals surface area (Å²) in [5, 5.41) is 0. The molecule has 3 atom stereocenters. The van der Waals surface area contributed by atoms with Crippen molar-refractivity contribution in [2.75, 3.05) is 24.5 Å². The minimum Gasteiger partial charge on any atom is -0.370 e. The van der Waals surface area contributed by atoms with Gasteiger partial charge in [0, 0.05) is 56.2 Å². The highest BCUT2D eigenvalue weighted by molar-refractivity contribution is 5.85. The number of hydrogen-bond acceptors (Lipinski definition) is 4. The summed E-state index contributed by atoms with van der Waals surface area (Å²) < 4.78 is 39.4. The summed E-state index contributed by atoms with van der Waals surface area (Å²) in [4.78, 5) is 21.8. The molecule has 3 aliphatic rings. The molecule has 0 unspecified atom stereocenters. The second kappa shape index (κ2) is 7.22. The number of amides is 1. The highest BCUT2D eigenvalue weighted by Crippen LogP contribution is 2.50. The molecule has 1 aliphatic carbocycles. The van der Waals surface area contributed by atoms with Crippen LogP contribution in [0.2, 0.25) is 0 Å².